The lowest BCUT2D eigenvalue weighted by Gasteiger charge is -2.08. The number of hydrogen-bond acceptors (Lipinski definition) is 5. The first-order valence-corrected chi connectivity index (χ1v) is 9.41. The van der Waals surface area contributed by atoms with Gasteiger partial charge in [0.05, 0.1) is 36.7 Å². The van der Waals surface area contributed by atoms with Crippen molar-refractivity contribution in [2.75, 3.05) is 19.0 Å². The molecule has 0 unspecified atom stereocenters. The first-order valence-electron chi connectivity index (χ1n) is 9.41. The maximum absolute atomic E-state index is 13.1. The Balaban J connectivity index is 1.61. The number of nitrogens with zero attached hydrogens (tertiary/aromatic N) is 2. The van der Waals surface area contributed by atoms with Gasteiger partial charge in [-0.05, 0) is 48.9 Å². The summed E-state index contributed by atoms with van der Waals surface area (Å²) in [7, 11) is 1.25. The van der Waals surface area contributed by atoms with Crippen LogP contribution in [-0.4, -0.2) is 41.2 Å². The summed E-state index contributed by atoms with van der Waals surface area (Å²) in [6, 6.07) is 12.6. The van der Waals surface area contributed by atoms with Crippen molar-refractivity contribution >= 4 is 23.5 Å². The minimum Gasteiger partial charge on any atom is -0.468 e. The summed E-state index contributed by atoms with van der Waals surface area (Å²) in [6.45, 7) is 1.57. The first-order chi connectivity index (χ1) is 14.9. The number of esters is 1. The quantitative estimate of drug-likeness (QED) is 0.567. The molecule has 0 atom stereocenters. The summed E-state index contributed by atoms with van der Waals surface area (Å²) in [6.07, 6.45) is 1.54. The van der Waals surface area contributed by atoms with Gasteiger partial charge in [-0.25, -0.2) is 9.07 Å². The van der Waals surface area contributed by atoms with E-state index in [4.69, 9.17) is 0 Å². The van der Waals surface area contributed by atoms with Crippen molar-refractivity contribution in [2.45, 2.75) is 13.3 Å². The largest absolute Gasteiger partial charge is 0.468 e. The van der Waals surface area contributed by atoms with Gasteiger partial charge in [0, 0.05) is 5.69 Å². The second kappa shape index (κ2) is 9.66. The van der Waals surface area contributed by atoms with Crippen LogP contribution in [0.5, 0.6) is 0 Å². The Hall–Kier alpha value is -4.01. The van der Waals surface area contributed by atoms with Gasteiger partial charge < -0.3 is 15.4 Å². The minimum absolute atomic E-state index is 0.0920. The van der Waals surface area contributed by atoms with Crippen LogP contribution in [0.1, 0.15) is 21.6 Å². The molecule has 160 valence electrons. The Labute approximate surface area is 178 Å². The fraction of sp³-hybridized carbons (Fsp3) is 0.182. The van der Waals surface area contributed by atoms with E-state index in [1.54, 1.807) is 48.0 Å². The topological polar surface area (TPSA) is 102 Å². The molecule has 3 rings (SSSR count). The molecule has 2 aromatic carbocycles. The van der Waals surface area contributed by atoms with Crippen molar-refractivity contribution in [1.82, 2.24) is 15.1 Å². The first kappa shape index (κ1) is 21.7. The molecule has 9 heteroatoms. The van der Waals surface area contributed by atoms with E-state index in [0.29, 0.717) is 22.6 Å². The second-order valence-corrected chi connectivity index (χ2v) is 6.71. The predicted molar refractivity (Wildman–Crippen MR) is 111 cm³/mol. The highest BCUT2D eigenvalue weighted by atomic mass is 19.1. The number of nitrogens with one attached hydrogen (secondary N) is 2. The highest BCUT2D eigenvalue weighted by Gasteiger charge is 2.15. The molecule has 1 aromatic heterocycles. The number of aromatic nitrogens is 2. The number of anilines is 1. The van der Waals surface area contributed by atoms with Gasteiger partial charge in [-0.3, -0.25) is 14.4 Å². The minimum atomic E-state index is -0.524. The summed E-state index contributed by atoms with van der Waals surface area (Å²) in [5, 5.41) is 9.47. The SMILES string of the molecule is COC(=O)CNC(=O)Cc1ccc(NC(=O)c2cnn(-c3ccc(F)cc3)c2C)cc1. The van der Waals surface area contributed by atoms with Gasteiger partial charge in [0.1, 0.15) is 12.4 Å². The molecule has 0 fully saturated rings. The Morgan fingerprint density at radius 2 is 1.74 bits per heavy atom. The normalized spacial score (nSPS) is 10.4. The zero-order valence-corrected chi connectivity index (χ0v) is 17.0. The maximum atomic E-state index is 13.1. The Kier molecular flexibility index (Phi) is 6.76. The molecule has 0 spiro atoms. The van der Waals surface area contributed by atoms with E-state index in [1.165, 1.54) is 25.4 Å². The highest BCUT2D eigenvalue weighted by Crippen LogP contribution is 2.17. The van der Waals surface area contributed by atoms with Crippen LogP contribution >= 0.6 is 0 Å². The van der Waals surface area contributed by atoms with Crippen LogP contribution < -0.4 is 10.6 Å². The van der Waals surface area contributed by atoms with E-state index < -0.39 is 5.97 Å². The molecular weight excluding hydrogens is 403 g/mol. The van der Waals surface area contributed by atoms with E-state index in [9.17, 15) is 18.8 Å². The molecule has 2 N–H and O–H groups in total. The van der Waals surface area contributed by atoms with Crippen molar-refractivity contribution < 1.29 is 23.5 Å². The van der Waals surface area contributed by atoms with Crippen LogP contribution in [-0.2, 0) is 20.7 Å². The lowest BCUT2D eigenvalue weighted by molar-refractivity contribution is -0.141. The Morgan fingerprint density at radius 1 is 1.06 bits per heavy atom. The van der Waals surface area contributed by atoms with Crippen LogP contribution in [0, 0.1) is 12.7 Å². The van der Waals surface area contributed by atoms with Crippen LogP contribution in [0.25, 0.3) is 5.69 Å². The van der Waals surface area contributed by atoms with E-state index in [-0.39, 0.29) is 30.6 Å². The zero-order valence-electron chi connectivity index (χ0n) is 17.0. The number of benzene rings is 2. The standard InChI is InChI=1S/C22H21FN4O4/c1-14-19(12-25-27(14)18-9-5-16(23)6-10-18)22(30)26-17-7-3-15(4-8-17)11-20(28)24-13-21(29)31-2/h3-10,12H,11,13H2,1-2H3,(H,24,28)(H,26,30). The fourth-order valence-corrected chi connectivity index (χ4v) is 2.87. The summed E-state index contributed by atoms with van der Waals surface area (Å²) in [4.78, 5) is 35.5. The van der Waals surface area contributed by atoms with Gasteiger partial charge in [-0.2, -0.15) is 5.10 Å². The molecule has 31 heavy (non-hydrogen) atoms. The van der Waals surface area contributed by atoms with Crippen molar-refractivity contribution in [3.63, 3.8) is 0 Å². The Morgan fingerprint density at radius 3 is 2.39 bits per heavy atom. The van der Waals surface area contributed by atoms with Crippen LogP contribution in [0.3, 0.4) is 0 Å². The van der Waals surface area contributed by atoms with Crippen molar-refractivity contribution in [3.8, 4) is 5.69 Å². The molecule has 0 bridgehead atoms. The molecule has 3 aromatic rings. The lowest BCUT2D eigenvalue weighted by Crippen LogP contribution is -2.31. The van der Waals surface area contributed by atoms with Gasteiger partial charge in [0.25, 0.3) is 5.91 Å². The van der Waals surface area contributed by atoms with Crippen molar-refractivity contribution in [2.24, 2.45) is 0 Å². The van der Waals surface area contributed by atoms with Gasteiger partial charge in [-0.15, -0.1) is 0 Å². The number of rotatable bonds is 7. The molecule has 0 saturated heterocycles. The molecule has 8 nitrogen and oxygen atoms in total. The number of carbonyl (C=O) groups excluding carboxylic acids is 3. The molecule has 0 aliphatic heterocycles. The summed E-state index contributed by atoms with van der Waals surface area (Å²) < 4.78 is 19.2. The van der Waals surface area contributed by atoms with Crippen molar-refractivity contribution in [1.29, 1.82) is 0 Å². The van der Waals surface area contributed by atoms with Crippen LogP contribution in [0.15, 0.2) is 54.7 Å². The lowest BCUT2D eigenvalue weighted by atomic mass is 10.1. The summed E-state index contributed by atoms with van der Waals surface area (Å²) in [5.41, 5.74) is 2.92. The second-order valence-electron chi connectivity index (χ2n) is 6.71. The molecular formula is C22H21FN4O4. The molecule has 1 heterocycles. The Bertz CT molecular complexity index is 1090. The smallest absolute Gasteiger partial charge is 0.325 e. The number of amides is 2. The number of methoxy groups -OCH3 is 1. The molecule has 0 radical (unpaired) electrons. The molecule has 0 saturated carbocycles. The number of halogens is 1. The van der Waals surface area contributed by atoms with Crippen molar-refractivity contribution in [3.05, 3.63) is 77.4 Å². The van der Waals surface area contributed by atoms with Gasteiger partial charge >= 0.3 is 5.97 Å². The van der Waals surface area contributed by atoms with Gasteiger partial charge in [0.15, 0.2) is 0 Å². The van der Waals surface area contributed by atoms with Crippen LogP contribution in [0.4, 0.5) is 10.1 Å². The third kappa shape index (κ3) is 5.53. The van der Waals surface area contributed by atoms with E-state index in [2.05, 4.69) is 20.5 Å². The zero-order chi connectivity index (χ0) is 22.4. The van der Waals surface area contributed by atoms with Gasteiger partial charge in [-0.1, -0.05) is 12.1 Å². The molecule has 0 aliphatic rings. The number of ether oxygens (including phenoxy) is 1. The third-order valence-corrected chi connectivity index (χ3v) is 4.56. The highest BCUT2D eigenvalue weighted by molar-refractivity contribution is 6.05. The molecule has 2 amide bonds. The van der Waals surface area contributed by atoms with E-state index in [1.807, 2.05) is 0 Å². The molecule has 0 aliphatic carbocycles. The average Bonchev–Trinajstić information content (AvgIpc) is 3.15. The average molecular weight is 424 g/mol. The monoisotopic (exact) mass is 424 g/mol. The summed E-state index contributed by atoms with van der Waals surface area (Å²) in [5.74, 6) is -1.53. The van der Waals surface area contributed by atoms with Crippen LogP contribution in [0.2, 0.25) is 0 Å². The number of carbonyl (C=O) groups is 3. The van der Waals surface area contributed by atoms with E-state index >= 15 is 0 Å². The maximum Gasteiger partial charge on any atom is 0.325 e. The van der Waals surface area contributed by atoms with Gasteiger partial charge in [0.2, 0.25) is 5.91 Å². The fourth-order valence-electron chi connectivity index (χ4n) is 2.87. The predicted octanol–water partition coefficient (Wildman–Crippen LogP) is 2.40. The van der Waals surface area contributed by atoms with E-state index in [0.717, 1.165) is 5.56 Å². The number of hydrogen-bond donors (Lipinski definition) is 2. The summed E-state index contributed by atoms with van der Waals surface area (Å²) >= 11 is 0. The third-order valence-electron chi connectivity index (χ3n) is 4.56.